The molecule has 2 rings (SSSR count). The predicted molar refractivity (Wildman–Crippen MR) is 55.8 cm³/mol. The van der Waals surface area contributed by atoms with Crippen LogP contribution in [0.3, 0.4) is 0 Å². The minimum atomic E-state index is 0.484. The van der Waals surface area contributed by atoms with Crippen LogP contribution in [0.25, 0.3) is 0 Å². The number of hydrogen-bond acceptors (Lipinski definition) is 4. The average Bonchev–Trinajstić information content (AvgIpc) is 2.79. The molecule has 0 unspecified atom stereocenters. The number of nitrogens with one attached hydrogen (secondary N) is 1. The van der Waals surface area contributed by atoms with Gasteiger partial charge in [0, 0.05) is 18.5 Å². The summed E-state index contributed by atoms with van der Waals surface area (Å²) >= 11 is 0. The summed E-state index contributed by atoms with van der Waals surface area (Å²) in [4.78, 5) is 6.76. The molecule has 2 aromatic rings. The first-order chi connectivity index (χ1) is 7.38. The number of benzene rings is 1. The molecule has 0 aliphatic carbocycles. The maximum atomic E-state index is 5.07. The second-order valence-electron chi connectivity index (χ2n) is 2.81. The average molecular weight is 202 g/mol. The molecule has 76 valence electrons. The lowest BCUT2D eigenvalue weighted by Gasteiger charge is -1.98. The third-order valence-electron chi connectivity index (χ3n) is 1.80. The number of hydrogen-bond donors (Lipinski definition) is 1. The number of H-pyrrole nitrogens is 1. The number of aromatic amines is 1. The number of aromatic nitrogens is 2. The second-order valence-corrected chi connectivity index (χ2v) is 2.81. The van der Waals surface area contributed by atoms with Crippen LogP contribution in [0, 0.1) is 0 Å². The molecule has 1 aromatic carbocycles. The highest BCUT2D eigenvalue weighted by Gasteiger charge is 1.94. The van der Waals surface area contributed by atoms with Crippen molar-refractivity contribution in [2.45, 2.75) is 0 Å². The Bertz CT molecular complexity index is 450. The van der Waals surface area contributed by atoms with Gasteiger partial charge in [-0.15, -0.1) is 10.2 Å². The Hall–Kier alpha value is -2.17. The molecule has 0 atom stereocenters. The Morgan fingerprint density at radius 3 is 3.00 bits per heavy atom. The van der Waals surface area contributed by atoms with Gasteiger partial charge in [0.15, 0.2) is 0 Å². The van der Waals surface area contributed by atoms with Crippen LogP contribution in [0.4, 0.5) is 11.6 Å². The zero-order valence-electron chi connectivity index (χ0n) is 8.21. The summed E-state index contributed by atoms with van der Waals surface area (Å²) in [6.45, 7) is 0. The molecular weight excluding hydrogens is 192 g/mol. The van der Waals surface area contributed by atoms with Crippen molar-refractivity contribution in [2.75, 3.05) is 7.11 Å². The molecule has 0 radical (unpaired) electrons. The molecule has 15 heavy (non-hydrogen) atoms. The van der Waals surface area contributed by atoms with Gasteiger partial charge in [0.05, 0.1) is 12.8 Å². The van der Waals surface area contributed by atoms with Crippen molar-refractivity contribution in [3.63, 3.8) is 0 Å². The van der Waals surface area contributed by atoms with Crippen LogP contribution in [-0.4, -0.2) is 17.1 Å². The van der Waals surface area contributed by atoms with Crippen molar-refractivity contribution in [1.29, 1.82) is 0 Å². The summed E-state index contributed by atoms with van der Waals surface area (Å²) in [5, 5.41) is 7.92. The highest BCUT2D eigenvalue weighted by molar-refractivity contribution is 5.42. The fraction of sp³-hybridized carbons (Fsp3) is 0.100. The van der Waals surface area contributed by atoms with E-state index in [1.54, 1.807) is 25.6 Å². The maximum Gasteiger partial charge on any atom is 0.246 e. The Balaban J connectivity index is 2.17. The zero-order chi connectivity index (χ0) is 10.5. The fourth-order valence-corrected chi connectivity index (χ4v) is 1.09. The van der Waals surface area contributed by atoms with E-state index in [4.69, 9.17) is 4.74 Å². The van der Waals surface area contributed by atoms with Gasteiger partial charge in [-0.25, -0.2) is 4.98 Å². The standard InChI is InChI=1S/C10H10N4O/c1-15-9-4-2-3-8(7-9)13-14-10-11-5-6-12-10/h2-7H,1H3,(H,11,12). The van der Waals surface area contributed by atoms with E-state index in [0.717, 1.165) is 11.4 Å². The van der Waals surface area contributed by atoms with Gasteiger partial charge < -0.3 is 9.72 Å². The number of imidazole rings is 1. The molecular formula is C10H10N4O. The Morgan fingerprint density at radius 1 is 1.33 bits per heavy atom. The monoisotopic (exact) mass is 202 g/mol. The smallest absolute Gasteiger partial charge is 0.246 e. The Morgan fingerprint density at radius 2 is 2.27 bits per heavy atom. The molecule has 0 amide bonds. The Labute approximate surface area is 86.8 Å². The fourth-order valence-electron chi connectivity index (χ4n) is 1.09. The lowest BCUT2D eigenvalue weighted by molar-refractivity contribution is 0.415. The Kier molecular flexibility index (Phi) is 2.73. The summed E-state index contributed by atoms with van der Waals surface area (Å²) in [5.41, 5.74) is 0.728. The molecule has 0 aliphatic heterocycles. The molecule has 5 heteroatoms. The highest BCUT2D eigenvalue weighted by Crippen LogP contribution is 2.20. The topological polar surface area (TPSA) is 62.6 Å². The van der Waals surface area contributed by atoms with E-state index in [1.165, 1.54) is 0 Å². The maximum absolute atomic E-state index is 5.07. The van der Waals surface area contributed by atoms with Gasteiger partial charge in [-0.05, 0) is 12.1 Å². The van der Waals surface area contributed by atoms with Crippen LogP contribution in [0.15, 0.2) is 46.9 Å². The van der Waals surface area contributed by atoms with Gasteiger partial charge >= 0.3 is 0 Å². The van der Waals surface area contributed by atoms with Crippen molar-refractivity contribution < 1.29 is 4.74 Å². The minimum Gasteiger partial charge on any atom is -0.497 e. The van der Waals surface area contributed by atoms with Gasteiger partial charge in [-0.3, -0.25) is 0 Å². The molecule has 0 spiro atoms. The van der Waals surface area contributed by atoms with E-state index in [-0.39, 0.29) is 0 Å². The van der Waals surface area contributed by atoms with Gasteiger partial charge in [0.1, 0.15) is 5.75 Å². The van der Waals surface area contributed by atoms with Crippen molar-refractivity contribution in [3.05, 3.63) is 36.7 Å². The van der Waals surface area contributed by atoms with Crippen LogP contribution in [-0.2, 0) is 0 Å². The third kappa shape index (κ3) is 2.40. The first-order valence-electron chi connectivity index (χ1n) is 4.43. The highest BCUT2D eigenvalue weighted by atomic mass is 16.5. The summed E-state index contributed by atoms with van der Waals surface area (Å²) in [5.74, 6) is 1.24. The first-order valence-corrected chi connectivity index (χ1v) is 4.43. The third-order valence-corrected chi connectivity index (χ3v) is 1.80. The minimum absolute atomic E-state index is 0.484. The van der Waals surface area contributed by atoms with E-state index in [9.17, 15) is 0 Å². The van der Waals surface area contributed by atoms with Gasteiger partial charge in [-0.2, -0.15) is 0 Å². The molecule has 0 saturated carbocycles. The lowest BCUT2D eigenvalue weighted by Crippen LogP contribution is -1.79. The van der Waals surface area contributed by atoms with Crippen molar-refractivity contribution in [2.24, 2.45) is 10.2 Å². The number of rotatable bonds is 3. The van der Waals surface area contributed by atoms with E-state index in [1.807, 2.05) is 18.2 Å². The van der Waals surface area contributed by atoms with E-state index >= 15 is 0 Å². The van der Waals surface area contributed by atoms with Crippen LogP contribution in [0.5, 0.6) is 5.75 Å². The summed E-state index contributed by atoms with van der Waals surface area (Å²) in [6, 6.07) is 7.35. The number of methoxy groups -OCH3 is 1. The molecule has 1 aromatic heterocycles. The van der Waals surface area contributed by atoms with Crippen molar-refractivity contribution in [1.82, 2.24) is 9.97 Å². The van der Waals surface area contributed by atoms with E-state index in [2.05, 4.69) is 20.2 Å². The summed E-state index contributed by atoms with van der Waals surface area (Å²) < 4.78 is 5.07. The van der Waals surface area contributed by atoms with Crippen LogP contribution < -0.4 is 4.74 Å². The van der Waals surface area contributed by atoms with Crippen molar-refractivity contribution >= 4 is 11.6 Å². The normalized spacial score (nSPS) is 10.7. The summed E-state index contributed by atoms with van der Waals surface area (Å²) in [6.07, 6.45) is 3.32. The quantitative estimate of drug-likeness (QED) is 0.778. The molecule has 5 nitrogen and oxygen atoms in total. The number of ether oxygens (including phenoxy) is 1. The predicted octanol–water partition coefficient (Wildman–Crippen LogP) is 2.83. The van der Waals surface area contributed by atoms with Crippen LogP contribution in [0.2, 0.25) is 0 Å². The van der Waals surface area contributed by atoms with E-state index < -0.39 is 0 Å². The lowest BCUT2D eigenvalue weighted by atomic mass is 10.3. The largest absolute Gasteiger partial charge is 0.497 e. The first kappa shape index (κ1) is 9.39. The van der Waals surface area contributed by atoms with Gasteiger partial charge in [0.2, 0.25) is 5.95 Å². The molecule has 0 aliphatic rings. The second kappa shape index (κ2) is 4.36. The van der Waals surface area contributed by atoms with E-state index in [0.29, 0.717) is 5.95 Å². The van der Waals surface area contributed by atoms with Crippen LogP contribution in [0.1, 0.15) is 0 Å². The molecule has 0 saturated heterocycles. The molecule has 1 heterocycles. The molecule has 0 bridgehead atoms. The van der Waals surface area contributed by atoms with Gasteiger partial charge in [-0.1, -0.05) is 6.07 Å². The summed E-state index contributed by atoms with van der Waals surface area (Å²) in [7, 11) is 1.61. The molecule has 1 N–H and O–H groups in total. The van der Waals surface area contributed by atoms with Gasteiger partial charge in [0.25, 0.3) is 0 Å². The number of nitrogens with zero attached hydrogens (tertiary/aromatic N) is 3. The molecule has 0 fully saturated rings. The zero-order valence-corrected chi connectivity index (χ0v) is 8.21. The SMILES string of the molecule is COc1cccc(N=Nc2ncc[nH]2)c1. The number of azo groups is 1. The van der Waals surface area contributed by atoms with Crippen LogP contribution >= 0.6 is 0 Å². The van der Waals surface area contributed by atoms with Crippen molar-refractivity contribution in [3.8, 4) is 5.75 Å².